The fourth-order valence-corrected chi connectivity index (χ4v) is 3.59. The average molecular weight is 424 g/mol. The number of carbonyl (C=O) groups is 2. The summed E-state index contributed by atoms with van der Waals surface area (Å²) in [6.07, 6.45) is 3.85. The topological polar surface area (TPSA) is 90.5 Å². The summed E-state index contributed by atoms with van der Waals surface area (Å²) in [5.41, 5.74) is 4.09. The molecule has 0 radical (unpaired) electrons. The Hall–Kier alpha value is -3.38. The molecule has 1 amide bonds. The van der Waals surface area contributed by atoms with Gasteiger partial charge >= 0.3 is 5.97 Å². The lowest BCUT2D eigenvalue weighted by molar-refractivity contribution is -0.909. The maximum atomic E-state index is 12.3. The van der Waals surface area contributed by atoms with E-state index in [-0.39, 0.29) is 17.9 Å². The van der Waals surface area contributed by atoms with Crippen molar-refractivity contribution < 1.29 is 24.6 Å². The molecule has 3 aromatic rings. The highest BCUT2D eigenvalue weighted by Crippen LogP contribution is 2.44. The number of benzene rings is 2. The fourth-order valence-electron chi connectivity index (χ4n) is 3.41. The first-order chi connectivity index (χ1) is 14.4. The van der Waals surface area contributed by atoms with Crippen LogP contribution in [0.4, 0.5) is 5.69 Å². The second kappa shape index (κ2) is 8.16. The van der Waals surface area contributed by atoms with E-state index in [4.69, 9.17) is 16.7 Å². The molecule has 0 spiro atoms. The highest BCUT2D eigenvalue weighted by atomic mass is 35.5. The van der Waals surface area contributed by atoms with E-state index in [1.54, 1.807) is 12.3 Å². The molecule has 6 nitrogen and oxygen atoms in total. The third-order valence-electron chi connectivity index (χ3n) is 5.11. The Bertz CT molecular complexity index is 1120. The molecule has 3 N–H and O–H groups in total. The first kappa shape index (κ1) is 19.9. The van der Waals surface area contributed by atoms with Crippen molar-refractivity contribution in [3.8, 4) is 11.1 Å². The number of aromatic nitrogens is 1. The van der Waals surface area contributed by atoms with E-state index in [0.717, 1.165) is 28.7 Å². The Morgan fingerprint density at radius 1 is 1.07 bits per heavy atom. The van der Waals surface area contributed by atoms with Crippen LogP contribution in [0.1, 0.15) is 40.4 Å². The minimum absolute atomic E-state index is 0.0392. The van der Waals surface area contributed by atoms with E-state index in [1.807, 2.05) is 24.3 Å². The fraction of sp³-hybridized carbons (Fsp3) is 0.174. The summed E-state index contributed by atoms with van der Waals surface area (Å²) < 4.78 is 0.958. The second-order valence-electron chi connectivity index (χ2n) is 7.37. The maximum absolute atomic E-state index is 12.3. The van der Waals surface area contributed by atoms with Gasteiger partial charge in [0.05, 0.1) is 11.1 Å². The van der Waals surface area contributed by atoms with Crippen LogP contribution in [0.2, 0.25) is 5.02 Å². The van der Waals surface area contributed by atoms with Gasteiger partial charge in [-0.15, -0.1) is 0 Å². The molecule has 1 aliphatic rings. The number of halogens is 1. The van der Waals surface area contributed by atoms with Crippen LogP contribution in [0.3, 0.4) is 0 Å². The van der Waals surface area contributed by atoms with Crippen molar-refractivity contribution >= 4 is 29.2 Å². The molecular formula is C23H20ClN2O4+. The molecule has 30 heavy (non-hydrogen) atoms. The Labute approximate surface area is 178 Å². The van der Waals surface area contributed by atoms with Gasteiger partial charge in [-0.25, -0.2) is 4.79 Å². The summed E-state index contributed by atoms with van der Waals surface area (Å²) in [6, 6.07) is 15.3. The van der Waals surface area contributed by atoms with Crippen molar-refractivity contribution in [1.82, 2.24) is 0 Å². The van der Waals surface area contributed by atoms with Crippen LogP contribution in [0.5, 0.6) is 0 Å². The lowest BCUT2D eigenvalue weighted by atomic mass is 9.97. The number of nitrogens with zero attached hydrogens (tertiary/aromatic N) is 1. The largest absolute Gasteiger partial charge is 0.478 e. The zero-order valence-electron chi connectivity index (χ0n) is 16.0. The van der Waals surface area contributed by atoms with Gasteiger partial charge in [0, 0.05) is 21.5 Å². The van der Waals surface area contributed by atoms with Crippen molar-refractivity contribution in [3.63, 3.8) is 0 Å². The Balaban J connectivity index is 1.49. The summed E-state index contributed by atoms with van der Waals surface area (Å²) in [5, 5.41) is 22.7. The van der Waals surface area contributed by atoms with Crippen molar-refractivity contribution in [1.29, 1.82) is 0 Å². The SMILES string of the molecule is O=C(Cc1ccc(-c2cc(Cl)ccc2C2CC2)c[n+]1O)Nc1ccc(C(=O)O)cc1. The summed E-state index contributed by atoms with van der Waals surface area (Å²) in [7, 11) is 0. The molecule has 1 heterocycles. The molecule has 2 aromatic carbocycles. The standard InChI is InChI=1S/C23H19ClN2O4/c24-17-6-10-20(14-1-2-14)21(11-17)16-5-9-19(26(30)13-16)12-22(27)25-18-7-3-15(4-8-18)23(28)29/h3-11,13-14H,1-2,12H2,(H2-,25,27,28,29,30)/p+1. The molecule has 0 unspecified atom stereocenters. The predicted octanol–water partition coefficient (Wildman–Crippen LogP) is 4.29. The average Bonchev–Trinajstić information content (AvgIpc) is 3.55. The lowest BCUT2D eigenvalue weighted by Crippen LogP contribution is -2.37. The number of nitrogens with one attached hydrogen (secondary N) is 1. The molecule has 1 aliphatic carbocycles. The van der Waals surface area contributed by atoms with E-state index in [0.29, 0.717) is 22.3 Å². The highest BCUT2D eigenvalue weighted by Gasteiger charge is 2.27. The van der Waals surface area contributed by atoms with Gasteiger partial charge in [0.2, 0.25) is 17.8 Å². The number of rotatable bonds is 6. The molecule has 0 atom stereocenters. The van der Waals surface area contributed by atoms with Gasteiger partial charge < -0.3 is 10.4 Å². The number of carboxylic acid groups (broad SMARTS) is 1. The first-order valence-corrected chi connectivity index (χ1v) is 9.95. The number of hydrogen-bond acceptors (Lipinski definition) is 3. The minimum atomic E-state index is -1.03. The van der Waals surface area contributed by atoms with Crippen LogP contribution in [0.15, 0.2) is 60.8 Å². The van der Waals surface area contributed by atoms with Crippen LogP contribution < -0.4 is 10.0 Å². The summed E-state index contributed by atoms with van der Waals surface area (Å²) >= 11 is 6.18. The molecule has 0 bridgehead atoms. The zero-order chi connectivity index (χ0) is 21.3. The first-order valence-electron chi connectivity index (χ1n) is 9.57. The third-order valence-corrected chi connectivity index (χ3v) is 5.35. The third kappa shape index (κ3) is 4.44. The normalized spacial score (nSPS) is 13.1. The number of carbonyl (C=O) groups excluding carboxylic acids is 1. The van der Waals surface area contributed by atoms with Gasteiger partial charge in [0.25, 0.3) is 0 Å². The monoisotopic (exact) mass is 423 g/mol. The molecule has 0 saturated heterocycles. The number of carboxylic acids is 1. The van der Waals surface area contributed by atoms with Gasteiger partial charge in [-0.05, 0) is 72.4 Å². The predicted molar refractivity (Wildman–Crippen MR) is 112 cm³/mol. The number of pyridine rings is 1. The smallest absolute Gasteiger partial charge is 0.335 e. The molecule has 1 fully saturated rings. The van der Waals surface area contributed by atoms with Gasteiger partial charge in [0.1, 0.15) is 6.42 Å². The van der Waals surface area contributed by atoms with Gasteiger partial charge in [-0.1, -0.05) is 17.7 Å². The van der Waals surface area contributed by atoms with E-state index >= 15 is 0 Å². The van der Waals surface area contributed by atoms with Crippen LogP contribution in [-0.2, 0) is 11.2 Å². The van der Waals surface area contributed by atoms with Crippen molar-refractivity contribution in [2.75, 3.05) is 5.32 Å². The maximum Gasteiger partial charge on any atom is 0.335 e. The Morgan fingerprint density at radius 3 is 2.43 bits per heavy atom. The minimum Gasteiger partial charge on any atom is -0.478 e. The Morgan fingerprint density at radius 2 is 1.80 bits per heavy atom. The molecule has 152 valence electrons. The molecule has 4 rings (SSSR count). The van der Waals surface area contributed by atoms with Crippen molar-refractivity contribution in [3.05, 3.63) is 82.6 Å². The van der Waals surface area contributed by atoms with Crippen LogP contribution >= 0.6 is 11.6 Å². The molecular weight excluding hydrogens is 404 g/mol. The van der Waals surface area contributed by atoms with Crippen LogP contribution in [-0.4, -0.2) is 22.2 Å². The van der Waals surface area contributed by atoms with E-state index in [1.165, 1.54) is 29.8 Å². The summed E-state index contributed by atoms with van der Waals surface area (Å²) in [4.78, 5) is 23.2. The summed E-state index contributed by atoms with van der Waals surface area (Å²) in [5.74, 6) is -0.823. The van der Waals surface area contributed by atoms with Crippen molar-refractivity contribution in [2.45, 2.75) is 25.2 Å². The van der Waals surface area contributed by atoms with Gasteiger partial charge in [-0.3, -0.25) is 10.0 Å². The molecule has 1 aromatic heterocycles. The zero-order valence-corrected chi connectivity index (χ0v) is 16.8. The van der Waals surface area contributed by atoms with E-state index < -0.39 is 5.97 Å². The second-order valence-corrected chi connectivity index (χ2v) is 7.80. The number of anilines is 1. The quantitative estimate of drug-likeness (QED) is 0.407. The summed E-state index contributed by atoms with van der Waals surface area (Å²) in [6.45, 7) is 0. The molecule has 1 saturated carbocycles. The van der Waals surface area contributed by atoms with Crippen LogP contribution in [0, 0.1) is 0 Å². The molecule has 0 aliphatic heterocycles. The van der Waals surface area contributed by atoms with E-state index in [9.17, 15) is 14.8 Å². The van der Waals surface area contributed by atoms with Gasteiger partial charge in [0.15, 0.2) is 0 Å². The van der Waals surface area contributed by atoms with E-state index in [2.05, 4.69) is 5.32 Å². The van der Waals surface area contributed by atoms with Crippen molar-refractivity contribution in [2.24, 2.45) is 0 Å². The lowest BCUT2D eigenvalue weighted by Gasteiger charge is -2.09. The number of hydrogen-bond donors (Lipinski definition) is 3. The van der Waals surface area contributed by atoms with Gasteiger partial charge in [-0.2, -0.15) is 0 Å². The highest BCUT2D eigenvalue weighted by molar-refractivity contribution is 6.30. The Kier molecular flexibility index (Phi) is 5.42. The van der Waals surface area contributed by atoms with Crippen LogP contribution in [0.25, 0.3) is 11.1 Å². The molecule has 7 heteroatoms. The number of amides is 1. The number of aromatic carboxylic acids is 1.